The maximum atomic E-state index is 12.4. The zero-order valence-corrected chi connectivity index (χ0v) is 13.9. The van der Waals surface area contributed by atoms with Crippen molar-refractivity contribution in [3.8, 4) is 0 Å². The summed E-state index contributed by atoms with van der Waals surface area (Å²) in [6, 6.07) is 12.2. The number of hydrogen-bond donors (Lipinski definition) is 2. The molecule has 4 rings (SSSR count). The molecule has 0 saturated heterocycles. The van der Waals surface area contributed by atoms with Crippen LogP contribution in [0.4, 0.5) is 0 Å². The van der Waals surface area contributed by atoms with E-state index in [1.165, 1.54) is 29.7 Å². The zero-order chi connectivity index (χ0) is 16.5. The first-order chi connectivity index (χ1) is 11.7. The number of pyridine rings is 1. The second kappa shape index (κ2) is 6.11. The lowest BCUT2D eigenvalue weighted by Crippen LogP contribution is -2.24. The van der Waals surface area contributed by atoms with Crippen LogP contribution in [0.3, 0.4) is 0 Å². The molecule has 2 aromatic heterocycles. The average Bonchev–Trinajstić information content (AvgIpc) is 3.02. The van der Waals surface area contributed by atoms with Gasteiger partial charge in [0.25, 0.3) is 5.91 Å². The number of carbonyl (C=O) groups is 1. The van der Waals surface area contributed by atoms with Crippen molar-refractivity contribution < 1.29 is 4.79 Å². The molecule has 1 aromatic carbocycles. The van der Waals surface area contributed by atoms with Gasteiger partial charge in [-0.25, -0.2) is 0 Å². The normalized spacial score (nSPS) is 13.7. The van der Waals surface area contributed by atoms with Crippen molar-refractivity contribution in [3.63, 3.8) is 0 Å². The summed E-state index contributed by atoms with van der Waals surface area (Å²) in [5, 5.41) is 4.02. The summed E-state index contributed by atoms with van der Waals surface area (Å²) in [6.07, 6.45) is 4.65. The van der Waals surface area contributed by atoms with Gasteiger partial charge in [-0.05, 0) is 61.9 Å². The van der Waals surface area contributed by atoms with Gasteiger partial charge in [0.15, 0.2) is 0 Å². The first-order valence-corrected chi connectivity index (χ1v) is 8.54. The Morgan fingerprint density at radius 3 is 2.96 bits per heavy atom. The molecule has 0 aliphatic heterocycles. The van der Waals surface area contributed by atoms with Gasteiger partial charge < -0.3 is 10.3 Å². The van der Waals surface area contributed by atoms with Gasteiger partial charge in [-0.3, -0.25) is 9.78 Å². The van der Waals surface area contributed by atoms with E-state index in [1.54, 1.807) is 0 Å². The molecule has 1 aliphatic carbocycles. The predicted molar refractivity (Wildman–Crippen MR) is 95.1 cm³/mol. The number of hydrogen-bond acceptors (Lipinski definition) is 2. The summed E-state index contributed by atoms with van der Waals surface area (Å²) in [5.74, 6) is -0.0941. The Labute approximate surface area is 141 Å². The van der Waals surface area contributed by atoms with Crippen LogP contribution in [0.5, 0.6) is 0 Å². The minimum Gasteiger partial charge on any atom is -0.351 e. The molecule has 0 radical (unpaired) electrons. The predicted octanol–water partition coefficient (Wildman–Crippen LogP) is 3.68. The van der Waals surface area contributed by atoms with Crippen molar-refractivity contribution in [2.45, 2.75) is 39.2 Å². The van der Waals surface area contributed by atoms with Crippen LogP contribution in [0.15, 0.2) is 36.4 Å². The summed E-state index contributed by atoms with van der Waals surface area (Å²) in [7, 11) is 0. The van der Waals surface area contributed by atoms with Crippen molar-refractivity contribution in [2.75, 3.05) is 0 Å². The van der Waals surface area contributed by atoms with E-state index < -0.39 is 0 Å². The maximum Gasteiger partial charge on any atom is 0.268 e. The van der Waals surface area contributed by atoms with E-state index in [4.69, 9.17) is 4.98 Å². The van der Waals surface area contributed by atoms with Crippen LogP contribution in [-0.4, -0.2) is 15.9 Å². The molecule has 0 bridgehead atoms. The Morgan fingerprint density at radius 2 is 2.04 bits per heavy atom. The third kappa shape index (κ3) is 2.92. The largest absolute Gasteiger partial charge is 0.351 e. The molecule has 0 unspecified atom stereocenters. The third-order valence-corrected chi connectivity index (χ3v) is 4.69. The van der Waals surface area contributed by atoms with Crippen molar-refractivity contribution in [2.24, 2.45) is 0 Å². The number of rotatable bonds is 3. The van der Waals surface area contributed by atoms with Crippen LogP contribution in [0, 0.1) is 6.92 Å². The summed E-state index contributed by atoms with van der Waals surface area (Å²) >= 11 is 0. The minimum absolute atomic E-state index is 0.0941. The topological polar surface area (TPSA) is 57.8 Å². The number of benzene rings is 1. The molecule has 4 nitrogen and oxygen atoms in total. The highest BCUT2D eigenvalue weighted by atomic mass is 16.1. The molecule has 0 saturated carbocycles. The number of nitrogens with one attached hydrogen (secondary N) is 2. The molecule has 1 aliphatic rings. The minimum atomic E-state index is -0.0941. The van der Waals surface area contributed by atoms with E-state index in [2.05, 4.69) is 28.5 Å². The molecule has 4 heteroatoms. The molecule has 2 heterocycles. The first kappa shape index (κ1) is 14.9. The molecule has 0 fully saturated rings. The lowest BCUT2D eigenvalue weighted by molar-refractivity contribution is 0.0946. The molecule has 1 amide bonds. The molecule has 24 heavy (non-hydrogen) atoms. The van der Waals surface area contributed by atoms with Gasteiger partial charge in [-0.15, -0.1) is 0 Å². The van der Waals surface area contributed by atoms with Crippen molar-refractivity contribution >= 4 is 16.8 Å². The number of carbonyl (C=O) groups excluding carboxylic acids is 1. The Kier molecular flexibility index (Phi) is 3.81. The Morgan fingerprint density at radius 1 is 1.17 bits per heavy atom. The molecule has 3 aromatic rings. The fraction of sp³-hybridized carbons (Fsp3) is 0.300. The zero-order valence-electron chi connectivity index (χ0n) is 13.9. The van der Waals surface area contributed by atoms with Crippen LogP contribution in [0.25, 0.3) is 10.9 Å². The van der Waals surface area contributed by atoms with Gasteiger partial charge in [-0.1, -0.05) is 18.2 Å². The highest BCUT2D eigenvalue weighted by Gasteiger charge is 2.13. The molecule has 2 N–H and O–H groups in total. The second-order valence-corrected chi connectivity index (χ2v) is 6.57. The van der Waals surface area contributed by atoms with Gasteiger partial charge in [-0.2, -0.15) is 0 Å². The van der Waals surface area contributed by atoms with Crippen LogP contribution in [0.1, 0.15) is 45.8 Å². The van der Waals surface area contributed by atoms with E-state index in [-0.39, 0.29) is 5.91 Å². The summed E-state index contributed by atoms with van der Waals surface area (Å²) in [4.78, 5) is 20.3. The number of amides is 1. The van der Waals surface area contributed by atoms with Gasteiger partial charge in [0, 0.05) is 16.6 Å². The van der Waals surface area contributed by atoms with Crippen LogP contribution in [0.2, 0.25) is 0 Å². The monoisotopic (exact) mass is 319 g/mol. The standard InChI is InChI=1S/C20H21N3O/c1-13-6-7-15-11-19(23-18(15)10-13)20(24)21-12-16-9-8-14-4-2-3-5-17(14)22-16/h6-11,23H,2-5,12H2,1H3,(H,21,24). The van der Waals surface area contributed by atoms with Crippen molar-refractivity contribution in [1.82, 2.24) is 15.3 Å². The highest BCUT2D eigenvalue weighted by Crippen LogP contribution is 2.20. The molecule has 122 valence electrons. The Bertz CT molecular complexity index is 910. The third-order valence-electron chi connectivity index (χ3n) is 4.69. The van der Waals surface area contributed by atoms with E-state index in [0.29, 0.717) is 12.2 Å². The molecule has 0 atom stereocenters. The fourth-order valence-corrected chi connectivity index (χ4v) is 3.36. The number of aromatic nitrogens is 2. The van der Waals surface area contributed by atoms with E-state index in [0.717, 1.165) is 29.4 Å². The SMILES string of the molecule is Cc1ccc2cc(C(=O)NCc3ccc4c(n3)CCCC4)[nH]c2c1. The van der Waals surface area contributed by atoms with Gasteiger partial charge in [0.1, 0.15) is 5.69 Å². The quantitative estimate of drug-likeness (QED) is 0.773. The van der Waals surface area contributed by atoms with Gasteiger partial charge >= 0.3 is 0 Å². The van der Waals surface area contributed by atoms with Crippen LogP contribution < -0.4 is 5.32 Å². The fourth-order valence-electron chi connectivity index (χ4n) is 3.36. The molecule has 0 spiro atoms. The summed E-state index contributed by atoms with van der Waals surface area (Å²) in [6.45, 7) is 2.50. The first-order valence-electron chi connectivity index (χ1n) is 8.54. The van der Waals surface area contributed by atoms with E-state index in [9.17, 15) is 4.79 Å². The van der Waals surface area contributed by atoms with Gasteiger partial charge in [0.2, 0.25) is 0 Å². The lowest BCUT2D eigenvalue weighted by Gasteiger charge is -2.15. The average molecular weight is 319 g/mol. The van der Waals surface area contributed by atoms with Gasteiger partial charge in [0.05, 0.1) is 12.2 Å². The number of aromatic amines is 1. The highest BCUT2D eigenvalue weighted by molar-refractivity contribution is 5.98. The Balaban J connectivity index is 1.47. The second-order valence-electron chi connectivity index (χ2n) is 6.57. The lowest BCUT2D eigenvalue weighted by atomic mass is 9.96. The van der Waals surface area contributed by atoms with Crippen LogP contribution >= 0.6 is 0 Å². The number of nitrogens with zero attached hydrogens (tertiary/aromatic N) is 1. The summed E-state index contributed by atoms with van der Waals surface area (Å²) < 4.78 is 0. The van der Waals surface area contributed by atoms with E-state index in [1.807, 2.05) is 25.1 Å². The molecular formula is C20H21N3O. The maximum absolute atomic E-state index is 12.4. The Hall–Kier alpha value is -2.62. The van der Waals surface area contributed by atoms with Crippen molar-refractivity contribution in [3.05, 3.63) is 64.6 Å². The van der Waals surface area contributed by atoms with Crippen LogP contribution in [-0.2, 0) is 19.4 Å². The van der Waals surface area contributed by atoms with Crippen molar-refractivity contribution in [1.29, 1.82) is 0 Å². The number of fused-ring (bicyclic) bond motifs is 2. The number of aryl methyl sites for hydroxylation is 3. The number of H-pyrrole nitrogens is 1. The smallest absolute Gasteiger partial charge is 0.268 e. The summed E-state index contributed by atoms with van der Waals surface area (Å²) in [5.41, 5.74) is 6.25. The van der Waals surface area contributed by atoms with E-state index >= 15 is 0 Å². The molecular weight excluding hydrogens is 298 g/mol.